The number of carbonyl (C=O) groups excluding carboxylic acids is 1. The van der Waals surface area contributed by atoms with Crippen molar-refractivity contribution >= 4 is 28.7 Å². The normalized spacial score (nSPS) is 11.3. The van der Waals surface area contributed by atoms with Crippen molar-refractivity contribution in [1.82, 2.24) is 14.6 Å². The molecule has 8 heteroatoms. The zero-order valence-electron chi connectivity index (χ0n) is 23.8. The van der Waals surface area contributed by atoms with Gasteiger partial charge in [0.25, 0.3) is 11.6 Å². The number of para-hydroxylation sites is 1. The highest BCUT2D eigenvalue weighted by molar-refractivity contribution is 6.02. The Kier molecular flexibility index (Phi) is 7.41. The van der Waals surface area contributed by atoms with Crippen LogP contribution in [-0.2, 0) is 6.54 Å². The molecule has 0 spiro atoms. The third-order valence-electron chi connectivity index (χ3n) is 7.66. The number of fused-ring (bicyclic) bond motifs is 1. The number of amides is 1. The molecule has 0 aliphatic heterocycles. The molecule has 0 atom stereocenters. The van der Waals surface area contributed by atoms with Gasteiger partial charge in [-0.25, -0.2) is 5.43 Å². The van der Waals surface area contributed by atoms with E-state index in [1.54, 1.807) is 30.5 Å². The largest absolute Gasteiger partial charge is 0.340 e. The summed E-state index contributed by atoms with van der Waals surface area (Å²) in [5.41, 5.74) is 11.3. The Bertz CT molecular complexity index is 1970. The Morgan fingerprint density at radius 2 is 1.56 bits per heavy atom. The third kappa shape index (κ3) is 5.46. The van der Waals surface area contributed by atoms with E-state index in [2.05, 4.69) is 50.9 Å². The number of hydrogen-bond acceptors (Lipinski definition) is 4. The molecule has 2 aromatic heterocycles. The Balaban J connectivity index is 1.20. The van der Waals surface area contributed by atoms with Gasteiger partial charge in [0.05, 0.1) is 16.8 Å². The Hall–Kier alpha value is -5.76. The monoisotopic (exact) mass is 567 g/mol. The van der Waals surface area contributed by atoms with Crippen LogP contribution in [0.2, 0.25) is 0 Å². The molecule has 212 valence electrons. The molecule has 0 aliphatic carbocycles. The number of aromatic nitrogens is 2. The first-order valence-corrected chi connectivity index (χ1v) is 13.9. The molecule has 0 saturated carbocycles. The molecule has 0 saturated heterocycles. The molecular formula is C35H29N5O3. The van der Waals surface area contributed by atoms with E-state index in [0.29, 0.717) is 12.1 Å². The van der Waals surface area contributed by atoms with Crippen molar-refractivity contribution in [2.75, 3.05) is 0 Å². The van der Waals surface area contributed by atoms with Crippen molar-refractivity contribution in [3.63, 3.8) is 0 Å². The lowest BCUT2D eigenvalue weighted by molar-refractivity contribution is -0.384. The van der Waals surface area contributed by atoms with Crippen molar-refractivity contribution < 1.29 is 9.72 Å². The van der Waals surface area contributed by atoms with Crippen LogP contribution in [0.1, 0.15) is 32.9 Å². The van der Waals surface area contributed by atoms with Crippen LogP contribution in [0.4, 0.5) is 5.69 Å². The fourth-order valence-electron chi connectivity index (χ4n) is 5.43. The van der Waals surface area contributed by atoms with Crippen LogP contribution in [0.5, 0.6) is 0 Å². The summed E-state index contributed by atoms with van der Waals surface area (Å²) < 4.78 is 4.32. The van der Waals surface area contributed by atoms with E-state index in [1.165, 1.54) is 12.1 Å². The summed E-state index contributed by atoms with van der Waals surface area (Å²) in [6, 6.07) is 36.4. The van der Waals surface area contributed by atoms with Gasteiger partial charge in [-0.1, -0.05) is 60.7 Å². The molecule has 43 heavy (non-hydrogen) atoms. The quantitative estimate of drug-likeness (QED) is 0.118. The number of nitrogens with one attached hydrogen (secondary N) is 1. The first-order chi connectivity index (χ1) is 20.9. The number of hydrazone groups is 1. The summed E-state index contributed by atoms with van der Waals surface area (Å²) in [6.07, 6.45) is 1.67. The van der Waals surface area contributed by atoms with E-state index >= 15 is 0 Å². The minimum atomic E-state index is -0.401. The zero-order chi connectivity index (χ0) is 29.9. The third-order valence-corrected chi connectivity index (χ3v) is 7.66. The molecule has 0 unspecified atom stereocenters. The molecule has 1 amide bonds. The van der Waals surface area contributed by atoms with Gasteiger partial charge in [-0.15, -0.1) is 0 Å². The number of rotatable bonds is 8. The smallest absolute Gasteiger partial charge is 0.271 e. The van der Waals surface area contributed by atoms with Crippen molar-refractivity contribution in [1.29, 1.82) is 0 Å². The van der Waals surface area contributed by atoms with E-state index in [-0.39, 0.29) is 11.6 Å². The number of nitro benzene ring substituents is 1. The molecule has 6 rings (SSSR count). The van der Waals surface area contributed by atoms with E-state index in [4.69, 9.17) is 0 Å². The minimum absolute atomic E-state index is 0.0628. The van der Waals surface area contributed by atoms with Crippen LogP contribution < -0.4 is 5.43 Å². The maximum Gasteiger partial charge on any atom is 0.271 e. The van der Waals surface area contributed by atoms with E-state index in [9.17, 15) is 14.9 Å². The number of benzene rings is 4. The second-order valence-electron chi connectivity index (χ2n) is 10.3. The van der Waals surface area contributed by atoms with Gasteiger partial charge in [-0.2, -0.15) is 5.10 Å². The second kappa shape index (κ2) is 11.6. The summed E-state index contributed by atoms with van der Waals surface area (Å²) in [4.78, 5) is 23.6. The highest BCUT2D eigenvalue weighted by Crippen LogP contribution is 2.28. The molecule has 6 aromatic rings. The Labute approximate surface area is 248 Å². The second-order valence-corrected chi connectivity index (χ2v) is 10.3. The summed E-state index contributed by atoms with van der Waals surface area (Å²) in [6.45, 7) is 4.61. The van der Waals surface area contributed by atoms with Crippen LogP contribution in [0.25, 0.3) is 27.8 Å². The number of nitrogens with zero attached hydrogens (tertiary/aromatic N) is 4. The van der Waals surface area contributed by atoms with Gasteiger partial charge in [0, 0.05) is 57.8 Å². The van der Waals surface area contributed by atoms with E-state index in [1.807, 2.05) is 61.5 Å². The van der Waals surface area contributed by atoms with Gasteiger partial charge in [0.2, 0.25) is 0 Å². The molecular weight excluding hydrogens is 538 g/mol. The number of hydrogen-bond donors (Lipinski definition) is 1. The van der Waals surface area contributed by atoms with Crippen LogP contribution in [0, 0.1) is 24.0 Å². The van der Waals surface area contributed by atoms with E-state index in [0.717, 1.165) is 50.4 Å². The fraction of sp³-hybridized carbons (Fsp3) is 0.0857. The lowest BCUT2D eigenvalue weighted by Crippen LogP contribution is -2.17. The van der Waals surface area contributed by atoms with Gasteiger partial charge >= 0.3 is 0 Å². The number of nitro groups is 1. The number of aryl methyl sites for hydroxylation is 1. The van der Waals surface area contributed by atoms with Crippen LogP contribution >= 0.6 is 0 Å². The van der Waals surface area contributed by atoms with Crippen LogP contribution in [-0.4, -0.2) is 26.2 Å². The standard InChI is InChI=1S/C35H29N5O3/c1-24-12-21-33(27-8-4-3-5-9-27)39(24)29-19-15-28(16-20-29)35(41)37-36-22-32-25(2)38(34-11-7-6-10-31(32)34)23-26-13-17-30(18-14-26)40(42)43/h3-22H,23H2,1-2H3,(H,37,41)/b36-22+. The summed E-state index contributed by atoms with van der Waals surface area (Å²) in [7, 11) is 0. The SMILES string of the molecule is Cc1ccc(-c2ccccc2)n1-c1ccc(C(=O)N/N=C/c2c(C)n(Cc3ccc([N+](=O)[O-])cc3)c3ccccc23)cc1. The average Bonchev–Trinajstić information content (AvgIpc) is 3.55. The lowest BCUT2D eigenvalue weighted by atomic mass is 10.1. The Morgan fingerprint density at radius 1 is 0.860 bits per heavy atom. The van der Waals surface area contributed by atoms with Crippen molar-refractivity contribution in [2.45, 2.75) is 20.4 Å². The van der Waals surface area contributed by atoms with Crippen LogP contribution in [0.15, 0.2) is 120 Å². The molecule has 2 heterocycles. The van der Waals surface area contributed by atoms with Crippen LogP contribution in [0.3, 0.4) is 0 Å². The highest BCUT2D eigenvalue weighted by Gasteiger charge is 2.14. The van der Waals surface area contributed by atoms with Crippen molar-refractivity contribution in [3.05, 3.63) is 153 Å². The number of carbonyl (C=O) groups is 1. The molecule has 8 nitrogen and oxygen atoms in total. The Morgan fingerprint density at radius 3 is 2.28 bits per heavy atom. The summed E-state index contributed by atoms with van der Waals surface area (Å²) in [5, 5.41) is 16.3. The molecule has 4 aromatic carbocycles. The summed E-state index contributed by atoms with van der Waals surface area (Å²) >= 11 is 0. The minimum Gasteiger partial charge on any atom is -0.340 e. The topological polar surface area (TPSA) is 94.5 Å². The number of non-ortho nitro benzene ring substituents is 1. The van der Waals surface area contributed by atoms with Gasteiger partial charge in [0.1, 0.15) is 0 Å². The molecule has 0 aliphatic rings. The van der Waals surface area contributed by atoms with Gasteiger partial charge in [0.15, 0.2) is 0 Å². The van der Waals surface area contributed by atoms with Gasteiger partial charge in [-0.05, 0) is 67.4 Å². The van der Waals surface area contributed by atoms with E-state index < -0.39 is 4.92 Å². The molecule has 0 fully saturated rings. The first kappa shape index (κ1) is 27.4. The predicted molar refractivity (Wildman–Crippen MR) is 170 cm³/mol. The lowest BCUT2D eigenvalue weighted by Gasteiger charge is -2.12. The fourth-order valence-corrected chi connectivity index (χ4v) is 5.43. The molecule has 1 N–H and O–H groups in total. The first-order valence-electron chi connectivity index (χ1n) is 13.9. The maximum atomic E-state index is 13.0. The van der Waals surface area contributed by atoms with Gasteiger partial charge in [-0.3, -0.25) is 14.9 Å². The predicted octanol–water partition coefficient (Wildman–Crippen LogP) is 7.44. The summed E-state index contributed by atoms with van der Waals surface area (Å²) in [5.74, 6) is -0.303. The van der Waals surface area contributed by atoms with Crippen molar-refractivity contribution in [3.8, 4) is 16.9 Å². The molecule has 0 bridgehead atoms. The molecule has 0 radical (unpaired) electrons. The highest BCUT2D eigenvalue weighted by atomic mass is 16.6. The maximum absolute atomic E-state index is 13.0. The zero-order valence-corrected chi connectivity index (χ0v) is 23.8. The van der Waals surface area contributed by atoms with Gasteiger partial charge < -0.3 is 9.13 Å². The van der Waals surface area contributed by atoms with Crippen molar-refractivity contribution in [2.24, 2.45) is 5.10 Å². The average molecular weight is 568 g/mol.